The molecule has 1 heterocycles. The van der Waals surface area contributed by atoms with Crippen LogP contribution in [0.2, 0.25) is 0 Å². The average Bonchev–Trinajstić information content (AvgIpc) is 2.60. The first-order valence-corrected chi connectivity index (χ1v) is 8.74. The van der Waals surface area contributed by atoms with Gasteiger partial charge in [-0.3, -0.25) is 23.5 Å². The number of nitrogens with zero attached hydrogens (tertiary/aromatic N) is 2. The molecular weight excluding hydrogens is 334 g/mol. The van der Waals surface area contributed by atoms with Gasteiger partial charge in [0, 0.05) is 24.6 Å². The zero-order valence-electron chi connectivity index (χ0n) is 15.4. The Balaban J connectivity index is 2.14. The second-order valence-electron chi connectivity index (χ2n) is 6.37. The Morgan fingerprint density at radius 2 is 1.81 bits per heavy atom. The molecule has 0 atom stereocenters. The highest BCUT2D eigenvalue weighted by Crippen LogP contribution is 2.13. The lowest BCUT2D eigenvalue weighted by Crippen LogP contribution is -2.42. The van der Waals surface area contributed by atoms with Crippen molar-refractivity contribution in [2.24, 2.45) is 5.92 Å². The van der Waals surface area contributed by atoms with Crippen LogP contribution in [0.3, 0.4) is 0 Å². The van der Waals surface area contributed by atoms with Gasteiger partial charge in [-0.25, -0.2) is 0 Å². The van der Waals surface area contributed by atoms with Crippen molar-refractivity contribution in [2.75, 3.05) is 13.2 Å². The van der Waals surface area contributed by atoms with Crippen LogP contribution in [0.15, 0.2) is 46.2 Å². The smallest absolute Gasteiger partial charge is 0.320 e. The molecule has 0 aliphatic rings. The van der Waals surface area contributed by atoms with Crippen molar-refractivity contribution >= 4 is 5.91 Å². The molecule has 140 valence electrons. The normalized spacial score (nSPS) is 10.8. The lowest BCUT2D eigenvalue weighted by molar-refractivity contribution is -0.121. The van der Waals surface area contributed by atoms with Crippen molar-refractivity contribution in [1.82, 2.24) is 14.5 Å². The SMILES string of the molecule is CCOc1ccc(-n2ccn(CC(=O)NCCC(C)C)c(=O)c2=O)cc1. The third kappa shape index (κ3) is 5.08. The summed E-state index contributed by atoms with van der Waals surface area (Å²) in [5.41, 5.74) is -0.879. The van der Waals surface area contributed by atoms with Crippen LogP contribution in [0.1, 0.15) is 27.2 Å². The second-order valence-corrected chi connectivity index (χ2v) is 6.37. The van der Waals surface area contributed by atoms with Gasteiger partial charge < -0.3 is 10.1 Å². The maximum absolute atomic E-state index is 12.4. The Hall–Kier alpha value is -2.83. The number of nitrogens with one attached hydrogen (secondary N) is 1. The average molecular weight is 359 g/mol. The van der Waals surface area contributed by atoms with Crippen LogP contribution in [0, 0.1) is 5.92 Å². The van der Waals surface area contributed by atoms with E-state index in [0.29, 0.717) is 30.5 Å². The summed E-state index contributed by atoms with van der Waals surface area (Å²) in [5, 5.41) is 2.75. The van der Waals surface area contributed by atoms with Gasteiger partial charge in [0.15, 0.2) is 0 Å². The first-order valence-electron chi connectivity index (χ1n) is 8.74. The molecule has 1 N–H and O–H groups in total. The number of benzene rings is 1. The number of hydrogen-bond acceptors (Lipinski definition) is 4. The van der Waals surface area contributed by atoms with E-state index in [0.717, 1.165) is 11.0 Å². The molecule has 1 aromatic heterocycles. The molecule has 7 heteroatoms. The van der Waals surface area contributed by atoms with Gasteiger partial charge in [-0.05, 0) is 43.5 Å². The fourth-order valence-corrected chi connectivity index (χ4v) is 2.42. The highest BCUT2D eigenvalue weighted by molar-refractivity contribution is 5.75. The molecular formula is C19H25N3O4. The molecule has 1 amide bonds. The maximum atomic E-state index is 12.4. The predicted octanol–water partition coefficient (Wildman–Crippen LogP) is 1.56. The summed E-state index contributed by atoms with van der Waals surface area (Å²) in [5.74, 6) is 0.887. The summed E-state index contributed by atoms with van der Waals surface area (Å²) in [6.07, 6.45) is 3.79. The molecule has 0 fully saturated rings. The number of carbonyl (C=O) groups excluding carboxylic acids is 1. The van der Waals surface area contributed by atoms with E-state index in [9.17, 15) is 14.4 Å². The number of carbonyl (C=O) groups is 1. The third-order valence-electron chi connectivity index (χ3n) is 3.84. The minimum Gasteiger partial charge on any atom is -0.494 e. The number of rotatable bonds is 8. The Morgan fingerprint density at radius 1 is 1.12 bits per heavy atom. The number of aromatic nitrogens is 2. The zero-order valence-corrected chi connectivity index (χ0v) is 15.4. The molecule has 2 aromatic rings. The van der Waals surface area contributed by atoms with Gasteiger partial charge in [0.25, 0.3) is 0 Å². The first kappa shape index (κ1) is 19.5. The van der Waals surface area contributed by atoms with Crippen LogP contribution in [0.4, 0.5) is 0 Å². The quantitative estimate of drug-likeness (QED) is 0.725. The number of ether oxygens (including phenoxy) is 1. The first-order chi connectivity index (χ1) is 12.4. The predicted molar refractivity (Wildman–Crippen MR) is 99.9 cm³/mol. The molecule has 0 aliphatic carbocycles. The minimum atomic E-state index is -0.736. The molecule has 0 aliphatic heterocycles. The van der Waals surface area contributed by atoms with Crippen molar-refractivity contribution in [3.8, 4) is 11.4 Å². The molecule has 0 unspecified atom stereocenters. The Labute approximate surface area is 152 Å². The lowest BCUT2D eigenvalue weighted by Gasteiger charge is -2.11. The van der Waals surface area contributed by atoms with Crippen LogP contribution < -0.4 is 21.2 Å². The van der Waals surface area contributed by atoms with Gasteiger partial charge in [-0.15, -0.1) is 0 Å². The summed E-state index contributed by atoms with van der Waals surface area (Å²) in [6.45, 7) is 6.95. The van der Waals surface area contributed by atoms with E-state index >= 15 is 0 Å². The second kappa shape index (κ2) is 9.03. The summed E-state index contributed by atoms with van der Waals surface area (Å²) < 4.78 is 7.74. The Kier molecular flexibility index (Phi) is 6.77. The minimum absolute atomic E-state index is 0.170. The van der Waals surface area contributed by atoms with Crippen LogP contribution in [0.25, 0.3) is 5.69 Å². The third-order valence-corrected chi connectivity index (χ3v) is 3.84. The van der Waals surface area contributed by atoms with Crippen molar-refractivity contribution < 1.29 is 9.53 Å². The monoisotopic (exact) mass is 359 g/mol. The van der Waals surface area contributed by atoms with E-state index in [1.54, 1.807) is 24.3 Å². The lowest BCUT2D eigenvalue weighted by atomic mass is 10.1. The molecule has 26 heavy (non-hydrogen) atoms. The highest BCUT2D eigenvalue weighted by atomic mass is 16.5. The van der Waals surface area contributed by atoms with E-state index in [-0.39, 0.29) is 12.5 Å². The van der Waals surface area contributed by atoms with E-state index < -0.39 is 11.1 Å². The molecule has 0 saturated heterocycles. The zero-order chi connectivity index (χ0) is 19.1. The maximum Gasteiger partial charge on any atom is 0.320 e. The van der Waals surface area contributed by atoms with Crippen LogP contribution >= 0.6 is 0 Å². The topological polar surface area (TPSA) is 82.3 Å². The van der Waals surface area contributed by atoms with Crippen molar-refractivity contribution in [1.29, 1.82) is 0 Å². The van der Waals surface area contributed by atoms with Crippen molar-refractivity contribution in [2.45, 2.75) is 33.7 Å². The van der Waals surface area contributed by atoms with Gasteiger partial charge in [-0.2, -0.15) is 0 Å². The summed E-state index contributed by atoms with van der Waals surface area (Å²) in [6, 6.07) is 6.88. The van der Waals surface area contributed by atoms with Crippen LogP contribution in [0.5, 0.6) is 5.75 Å². The summed E-state index contributed by atoms with van der Waals surface area (Å²) in [4.78, 5) is 36.5. The Bertz CT molecular complexity index is 850. The van der Waals surface area contributed by atoms with E-state index in [1.165, 1.54) is 17.0 Å². The number of amides is 1. The highest BCUT2D eigenvalue weighted by Gasteiger charge is 2.10. The fraction of sp³-hybridized carbons (Fsp3) is 0.421. The summed E-state index contributed by atoms with van der Waals surface area (Å²) in [7, 11) is 0. The largest absolute Gasteiger partial charge is 0.494 e. The van der Waals surface area contributed by atoms with Gasteiger partial charge in [0.1, 0.15) is 12.3 Å². The van der Waals surface area contributed by atoms with Gasteiger partial charge in [0.05, 0.1) is 6.61 Å². The molecule has 0 bridgehead atoms. The van der Waals surface area contributed by atoms with E-state index in [4.69, 9.17) is 4.74 Å². The van der Waals surface area contributed by atoms with Gasteiger partial charge in [-0.1, -0.05) is 13.8 Å². The molecule has 7 nitrogen and oxygen atoms in total. The molecule has 2 rings (SSSR count). The van der Waals surface area contributed by atoms with Gasteiger partial charge >= 0.3 is 11.1 Å². The standard InChI is InChI=1S/C19H25N3O4/c1-4-26-16-7-5-15(6-8-16)22-12-11-21(18(24)19(22)25)13-17(23)20-10-9-14(2)3/h5-8,11-12,14H,4,9-10,13H2,1-3H3,(H,20,23). The molecule has 1 aromatic carbocycles. The molecule has 0 spiro atoms. The van der Waals surface area contributed by atoms with Crippen LogP contribution in [-0.4, -0.2) is 28.2 Å². The van der Waals surface area contributed by atoms with Gasteiger partial charge in [0.2, 0.25) is 5.91 Å². The Morgan fingerprint density at radius 3 is 2.42 bits per heavy atom. The number of hydrogen-bond donors (Lipinski definition) is 1. The molecule has 0 saturated carbocycles. The van der Waals surface area contributed by atoms with Crippen molar-refractivity contribution in [3.63, 3.8) is 0 Å². The van der Waals surface area contributed by atoms with Crippen LogP contribution in [-0.2, 0) is 11.3 Å². The fourth-order valence-electron chi connectivity index (χ4n) is 2.42. The molecule has 0 radical (unpaired) electrons. The van der Waals surface area contributed by atoms with E-state index in [1.807, 2.05) is 6.92 Å². The summed E-state index contributed by atoms with van der Waals surface area (Å²) >= 11 is 0. The van der Waals surface area contributed by atoms with E-state index in [2.05, 4.69) is 19.2 Å². The van der Waals surface area contributed by atoms with Crippen molar-refractivity contribution in [3.05, 3.63) is 57.4 Å².